The molecule has 0 radical (unpaired) electrons. The minimum atomic E-state index is -3.60. The van der Waals surface area contributed by atoms with E-state index in [4.69, 9.17) is 5.73 Å². The molecule has 2 aromatic rings. The summed E-state index contributed by atoms with van der Waals surface area (Å²) >= 11 is 0. The number of aryl methyl sites for hydroxylation is 2. The van der Waals surface area contributed by atoms with Crippen molar-refractivity contribution >= 4 is 15.7 Å². The first-order valence-electron chi connectivity index (χ1n) is 6.65. The van der Waals surface area contributed by atoms with Crippen molar-refractivity contribution in [1.29, 1.82) is 0 Å². The summed E-state index contributed by atoms with van der Waals surface area (Å²) < 4.78 is 27.2. The van der Waals surface area contributed by atoms with E-state index in [1.807, 2.05) is 26.0 Å². The second-order valence-electron chi connectivity index (χ2n) is 4.98. The molecule has 0 aliphatic carbocycles. The molecule has 3 N–H and O–H groups in total. The molecule has 0 unspecified atom stereocenters. The molecule has 0 bridgehead atoms. The van der Waals surface area contributed by atoms with Gasteiger partial charge in [-0.2, -0.15) is 0 Å². The number of anilines is 1. The maximum atomic E-state index is 12.3. The zero-order valence-corrected chi connectivity index (χ0v) is 12.9. The number of aromatic nitrogens is 1. The first-order chi connectivity index (χ1) is 9.90. The normalized spacial score (nSPS) is 11.5. The van der Waals surface area contributed by atoms with Crippen LogP contribution < -0.4 is 10.5 Å². The molecule has 0 saturated heterocycles. The van der Waals surface area contributed by atoms with Gasteiger partial charge in [-0.1, -0.05) is 6.07 Å². The van der Waals surface area contributed by atoms with E-state index in [1.54, 1.807) is 24.5 Å². The molecule has 1 heterocycles. The van der Waals surface area contributed by atoms with E-state index >= 15 is 0 Å². The van der Waals surface area contributed by atoms with Crippen molar-refractivity contribution in [3.63, 3.8) is 0 Å². The van der Waals surface area contributed by atoms with E-state index in [1.165, 1.54) is 0 Å². The first-order valence-corrected chi connectivity index (χ1v) is 8.14. The lowest BCUT2D eigenvalue weighted by atomic mass is 10.1. The molecule has 1 aromatic heterocycles. The fourth-order valence-electron chi connectivity index (χ4n) is 2.00. The fourth-order valence-corrected chi connectivity index (χ4v) is 3.23. The Morgan fingerprint density at radius 1 is 1.24 bits per heavy atom. The highest BCUT2D eigenvalue weighted by Crippen LogP contribution is 2.22. The standard InChI is InChI=1S/C15H19N3O2S/c1-11-8-14(16)15(9-12(11)2)21(19,20)18-7-5-13-4-3-6-17-10-13/h3-4,6,8-10,18H,5,7,16H2,1-2H3. The Balaban J connectivity index is 2.10. The van der Waals surface area contributed by atoms with Crippen molar-refractivity contribution in [2.75, 3.05) is 12.3 Å². The summed E-state index contributed by atoms with van der Waals surface area (Å²) in [6, 6.07) is 7.03. The van der Waals surface area contributed by atoms with Crippen LogP contribution >= 0.6 is 0 Å². The molecule has 112 valence electrons. The number of nitrogens with one attached hydrogen (secondary N) is 1. The molecule has 0 saturated carbocycles. The minimum absolute atomic E-state index is 0.136. The zero-order chi connectivity index (χ0) is 15.5. The largest absolute Gasteiger partial charge is 0.398 e. The summed E-state index contributed by atoms with van der Waals surface area (Å²) in [4.78, 5) is 4.13. The van der Waals surface area contributed by atoms with Crippen molar-refractivity contribution in [3.8, 4) is 0 Å². The van der Waals surface area contributed by atoms with E-state index in [2.05, 4.69) is 9.71 Å². The molecule has 0 spiro atoms. The van der Waals surface area contributed by atoms with Crippen LogP contribution in [0, 0.1) is 13.8 Å². The van der Waals surface area contributed by atoms with Crippen LogP contribution in [0.1, 0.15) is 16.7 Å². The van der Waals surface area contributed by atoms with Crippen LogP contribution in [0.15, 0.2) is 41.6 Å². The molecule has 0 aliphatic heterocycles. The molecular formula is C15H19N3O2S. The van der Waals surface area contributed by atoms with Crippen LogP contribution in [0.25, 0.3) is 0 Å². The molecule has 0 amide bonds. The summed E-state index contributed by atoms with van der Waals surface area (Å²) in [6.07, 6.45) is 3.99. The van der Waals surface area contributed by atoms with Gasteiger partial charge >= 0.3 is 0 Å². The second-order valence-corrected chi connectivity index (χ2v) is 6.72. The number of benzene rings is 1. The van der Waals surface area contributed by atoms with Gasteiger partial charge in [0.2, 0.25) is 10.0 Å². The smallest absolute Gasteiger partial charge is 0.242 e. The van der Waals surface area contributed by atoms with Crippen molar-refractivity contribution in [3.05, 3.63) is 53.3 Å². The number of rotatable bonds is 5. The van der Waals surface area contributed by atoms with Gasteiger partial charge in [-0.3, -0.25) is 4.98 Å². The molecule has 1 aromatic carbocycles. The molecule has 0 aliphatic rings. The highest BCUT2D eigenvalue weighted by molar-refractivity contribution is 7.89. The highest BCUT2D eigenvalue weighted by atomic mass is 32.2. The Labute approximate surface area is 125 Å². The summed E-state index contributed by atoms with van der Waals surface area (Å²) in [5, 5.41) is 0. The fraction of sp³-hybridized carbons (Fsp3) is 0.267. The number of nitrogens with zero attached hydrogens (tertiary/aromatic N) is 1. The SMILES string of the molecule is Cc1cc(N)c(S(=O)(=O)NCCc2cccnc2)cc1C. The van der Waals surface area contributed by atoms with E-state index in [-0.39, 0.29) is 10.6 Å². The minimum Gasteiger partial charge on any atom is -0.398 e. The monoisotopic (exact) mass is 305 g/mol. The van der Waals surface area contributed by atoms with E-state index < -0.39 is 10.0 Å². The summed E-state index contributed by atoms with van der Waals surface area (Å²) in [5.74, 6) is 0. The van der Waals surface area contributed by atoms with Crippen LogP contribution in [0.5, 0.6) is 0 Å². The van der Waals surface area contributed by atoms with Crippen LogP contribution in [0.4, 0.5) is 5.69 Å². The van der Waals surface area contributed by atoms with Crippen molar-refractivity contribution in [1.82, 2.24) is 9.71 Å². The average molecular weight is 305 g/mol. The van der Waals surface area contributed by atoms with Gasteiger partial charge in [0, 0.05) is 18.9 Å². The lowest BCUT2D eigenvalue weighted by molar-refractivity contribution is 0.582. The quantitative estimate of drug-likeness (QED) is 0.825. The van der Waals surface area contributed by atoms with Gasteiger partial charge in [-0.05, 0) is 55.2 Å². The Bertz CT molecular complexity index is 728. The molecule has 6 heteroatoms. The van der Waals surface area contributed by atoms with Gasteiger partial charge in [0.1, 0.15) is 4.90 Å². The third-order valence-electron chi connectivity index (χ3n) is 3.34. The number of pyridine rings is 1. The van der Waals surface area contributed by atoms with Crippen molar-refractivity contribution in [2.24, 2.45) is 0 Å². The number of nitrogen functional groups attached to an aromatic ring is 1. The highest BCUT2D eigenvalue weighted by Gasteiger charge is 2.17. The number of hydrogen-bond donors (Lipinski definition) is 2. The topological polar surface area (TPSA) is 85.1 Å². The Morgan fingerprint density at radius 2 is 1.95 bits per heavy atom. The van der Waals surface area contributed by atoms with Gasteiger partial charge < -0.3 is 5.73 Å². The molecule has 21 heavy (non-hydrogen) atoms. The van der Waals surface area contributed by atoms with Gasteiger partial charge in [-0.25, -0.2) is 13.1 Å². The van der Waals surface area contributed by atoms with Crippen LogP contribution in [-0.4, -0.2) is 19.9 Å². The Kier molecular flexibility index (Phi) is 4.59. The van der Waals surface area contributed by atoms with Crippen molar-refractivity contribution < 1.29 is 8.42 Å². The van der Waals surface area contributed by atoms with Crippen LogP contribution in [-0.2, 0) is 16.4 Å². The molecule has 5 nitrogen and oxygen atoms in total. The predicted octanol–water partition coefficient (Wildman–Crippen LogP) is 1.80. The maximum absolute atomic E-state index is 12.3. The lowest BCUT2D eigenvalue weighted by Gasteiger charge is -2.11. The van der Waals surface area contributed by atoms with Crippen LogP contribution in [0.3, 0.4) is 0 Å². The average Bonchev–Trinajstić information content (AvgIpc) is 2.43. The van der Waals surface area contributed by atoms with E-state index in [0.29, 0.717) is 13.0 Å². The van der Waals surface area contributed by atoms with E-state index in [9.17, 15) is 8.42 Å². The summed E-state index contributed by atoms with van der Waals surface area (Å²) in [5.41, 5.74) is 8.95. The van der Waals surface area contributed by atoms with Crippen LogP contribution in [0.2, 0.25) is 0 Å². The second kappa shape index (κ2) is 6.24. The van der Waals surface area contributed by atoms with Gasteiger partial charge in [0.05, 0.1) is 5.69 Å². The third kappa shape index (κ3) is 3.80. The predicted molar refractivity (Wildman–Crippen MR) is 83.5 cm³/mol. The van der Waals surface area contributed by atoms with Gasteiger partial charge in [0.15, 0.2) is 0 Å². The number of sulfonamides is 1. The van der Waals surface area contributed by atoms with Gasteiger partial charge in [0.25, 0.3) is 0 Å². The molecule has 0 atom stereocenters. The maximum Gasteiger partial charge on any atom is 0.242 e. The number of nitrogens with two attached hydrogens (primary N) is 1. The summed E-state index contributed by atoms with van der Waals surface area (Å²) in [6.45, 7) is 4.07. The number of hydrogen-bond acceptors (Lipinski definition) is 4. The lowest BCUT2D eigenvalue weighted by Crippen LogP contribution is -2.27. The van der Waals surface area contributed by atoms with Gasteiger partial charge in [-0.15, -0.1) is 0 Å². The molecule has 2 rings (SSSR count). The molecular weight excluding hydrogens is 286 g/mol. The molecule has 0 fully saturated rings. The van der Waals surface area contributed by atoms with Crippen molar-refractivity contribution in [2.45, 2.75) is 25.2 Å². The van der Waals surface area contributed by atoms with E-state index in [0.717, 1.165) is 16.7 Å². The Hall–Kier alpha value is -1.92. The third-order valence-corrected chi connectivity index (χ3v) is 4.86. The first kappa shape index (κ1) is 15.5. The summed E-state index contributed by atoms with van der Waals surface area (Å²) in [7, 11) is -3.60. The zero-order valence-electron chi connectivity index (χ0n) is 12.1. The Morgan fingerprint density at radius 3 is 2.62 bits per heavy atom.